The Labute approximate surface area is 113 Å². The largest absolute Gasteiger partial charge is 0.381 e. The summed E-state index contributed by atoms with van der Waals surface area (Å²) in [4.78, 5) is 16.2. The average molecular weight is 272 g/mol. The molecule has 5 nitrogen and oxygen atoms in total. The number of nitrogens with zero attached hydrogens (tertiary/aromatic N) is 1. The predicted octanol–water partition coefficient (Wildman–Crippen LogP) is 1.26. The van der Waals surface area contributed by atoms with Crippen LogP contribution in [0.4, 0.5) is 5.69 Å². The van der Waals surface area contributed by atoms with Crippen molar-refractivity contribution in [3.05, 3.63) is 24.0 Å². The molecule has 1 aromatic rings. The van der Waals surface area contributed by atoms with E-state index in [1.54, 1.807) is 6.20 Å². The summed E-state index contributed by atoms with van der Waals surface area (Å²) in [6.45, 7) is 2.97. The molecule has 1 fully saturated rings. The van der Waals surface area contributed by atoms with Crippen molar-refractivity contribution in [3.8, 4) is 0 Å². The molecule has 0 atom stereocenters. The van der Waals surface area contributed by atoms with E-state index in [1.165, 1.54) is 0 Å². The number of halogens is 1. The summed E-state index contributed by atoms with van der Waals surface area (Å²) in [5.41, 5.74) is 6.84. The smallest absolute Gasteiger partial charge is 0.244 e. The highest BCUT2D eigenvalue weighted by Gasteiger charge is 2.35. The SMILES string of the molecule is Cc1ccc(NC(=O)C2(N)CCOCC2)cn1.Cl. The van der Waals surface area contributed by atoms with Crippen LogP contribution in [-0.2, 0) is 9.53 Å². The molecule has 100 valence electrons. The first-order chi connectivity index (χ1) is 8.10. The number of nitrogens with one attached hydrogen (secondary N) is 1. The van der Waals surface area contributed by atoms with Crippen molar-refractivity contribution in [2.75, 3.05) is 18.5 Å². The molecule has 2 rings (SSSR count). The van der Waals surface area contributed by atoms with E-state index in [0.717, 1.165) is 5.69 Å². The maximum atomic E-state index is 12.1. The van der Waals surface area contributed by atoms with Crippen LogP contribution in [0.15, 0.2) is 18.3 Å². The van der Waals surface area contributed by atoms with Gasteiger partial charge < -0.3 is 15.8 Å². The summed E-state index contributed by atoms with van der Waals surface area (Å²) in [5, 5.41) is 2.80. The second-order valence-corrected chi connectivity index (χ2v) is 4.41. The molecular formula is C12H18ClN3O2. The third-order valence-corrected chi connectivity index (χ3v) is 3.01. The van der Waals surface area contributed by atoms with E-state index < -0.39 is 5.54 Å². The van der Waals surface area contributed by atoms with Crippen molar-refractivity contribution >= 4 is 24.0 Å². The number of amides is 1. The lowest BCUT2D eigenvalue weighted by Crippen LogP contribution is -2.54. The zero-order chi connectivity index (χ0) is 12.3. The first-order valence-electron chi connectivity index (χ1n) is 5.71. The topological polar surface area (TPSA) is 77.2 Å². The second kappa shape index (κ2) is 6.13. The summed E-state index contributed by atoms with van der Waals surface area (Å²) >= 11 is 0. The Morgan fingerprint density at radius 1 is 1.44 bits per heavy atom. The second-order valence-electron chi connectivity index (χ2n) is 4.41. The van der Waals surface area contributed by atoms with Crippen molar-refractivity contribution in [1.29, 1.82) is 0 Å². The van der Waals surface area contributed by atoms with Crippen molar-refractivity contribution in [2.45, 2.75) is 25.3 Å². The number of rotatable bonds is 2. The zero-order valence-corrected chi connectivity index (χ0v) is 11.1. The van der Waals surface area contributed by atoms with Gasteiger partial charge in [-0.15, -0.1) is 12.4 Å². The van der Waals surface area contributed by atoms with E-state index in [1.807, 2.05) is 19.1 Å². The van der Waals surface area contributed by atoms with Gasteiger partial charge in [0.05, 0.1) is 11.9 Å². The van der Waals surface area contributed by atoms with Crippen molar-refractivity contribution in [2.24, 2.45) is 5.73 Å². The minimum atomic E-state index is -0.816. The summed E-state index contributed by atoms with van der Waals surface area (Å²) in [6.07, 6.45) is 2.74. The third-order valence-electron chi connectivity index (χ3n) is 3.01. The van der Waals surface area contributed by atoms with Gasteiger partial charge in [-0.05, 0) is 31.9 Å². The fraction of sp³-hybridized carbons (Fsp3) is 0.500. The van der Waals surface area contributed by atoms with Gasteiger partial charge in [0.1, 0.15) is 5.54 Å². The van der Waals surface area contributed by atoms with E-state index in [4.69, 9.17) is 10.5 Å². The van der Waals surface area contributed by atoms with Crippen LogP contribution in [0.25, 0.3) is 0 Å². The minimum Gasteiger partial charge on any atom is -0.381 e. The van der Waals surface area contributed by atoms with Gasteiger partial charge in [0.15, 0.2) is 0 Å². The molecule has 0 spiro atoms. The van der Waals surface area contributed by atoms with Crippen molar-refractivity contribution < 1.29 is 9.53 Å². The van der Waals surface area contributed by atoms with Gasteiger partial charge in [-0.2, -0.15) is 0 Å². The molecule has 0 unspecified atom stereocenters. The van der Waals surface area contributed by atoms with E-state index >= 15 is 0 Å². The lowest BCUT2D eigenvalue weighted by molar-refractivity contribution is -0.124. The normalized spacial score (nSPS) is 17.7. The summed E-state index contributed by atoms with van der Waals surface area (Å²) in [5.74, 6) is -0.161. The van der Waals surface area contributed by atoms with Crippen molar-refractivity contribution in [1.82, 2.24) is 4.98 Å². The number of carbonyl (C=O) groups is 1. The van der Waals surface area contributed by atoms with Gasteiger partial charge in [-0.25, -0.2) is 0 Å². The summed E-state index contributed by atoms with van der Waals surface area (Å²) < 4.78 is 5.21. The molecular weight excluding hydrogens is 254 g/mol. The Bertz CT molecular complexity index is 402. The fourth-order valence-corrected chi connectivity index (χ4v) is 1.76. The molecule has 0 aliphatic carbocycles. The first-order valence-corrected chi connectivity index (χ1v) is 5.71. The molecule has 0 bridgehead atoms. The number of aromatic nitrogens is 1. The molecule has 2 heterocycles. The Morgan fingerprint density at radius 3 is 2.67 bits per heavy atom. The van der Waals surface area contributed by atoms with Gasteiger partial charge in [-0.3, -0.25) is 9.78 Å². The lowest BCUT2D eigenvalue weighted by atomic mass is 9.90. The van der Waals surface area contributed by atoms with Crippen LogP contribution < -0.4 is 11.1 Å². The van der Waals surface area contributed by atoms with Crippen molar-refractivity contribution in [3.63, 3.8) is 0 Å². The molecule has 1 aliphatic rings. The zero-order valence-electron chi connectivity index (χ0n) is 10.3. The molecule has 0 radical (unpaired) electrons. The number of anilines is 1. The summed E-state index contributed by atoms with van der Waals surface area (Å²) in [7, 11) is 0. The molecule has 18 heavy (non-hydrogen) atoms. The Kier molecular flexibility index (Phi) is 5.07. The standard InChI is InChI=1S/C12H17N3O2.ClH/c1-9-2-3-10(8-14-9)15-11(16)12(13)4-6-17-7-5-12;/h2-3,8H,4-7,13H2,1H3,(H,15,16);1H. The van der Waals surface area contributed by atoms with Gasteiger partial charge >= 0.3 is 0 Å². The Balaban J connectivity index is 0.00000162. The van der Waals surface area contributed by atoms with Gasteiger partial charge in [0.2, 0.25) is 5.91 Å². The average Bonchev–Trinajstić information content (AvgIpc) is 2.33. The Hall–Kier alpha value is -1.17. The Morgan fingerprint density at radius 2 is 2.11 bits per heavy atom. The van der Waals surface area contributed by atoms with Gasteiger partial charge in [0, 0.05) is 18.9 Å². The maximum absolute atomic E-state index is 12.1. The number of ether oxygens (including phenoxy) is 1. The monoisotopic (exact) mass is 271 g/mol. The van der Waals surface area contributed by atoms with Crippen LogP contribution in [0.2, 0.25) is 0 Å². The highest BCUT2D eigenvalue weighted by atomic mass is 35.5. The molecule has 0 saturated carbocycles. The number of aryl methyl sites for hydroxylation is 1. The van der Waals surface area contributed by atoms with Crippen LogP contribution in [0.5, 0.6) is 0 Å². The summed E-state index contributed by atoms with van der Waals surface area (Å²) in [6, 6.07) is 3.67. The molecule has 3 N–H and O–H groups in total. The molecule has 1 saturated heterocycles. The number of pyridine rings is 1. The van der Waals surface area contributed by atoms with Crippen LogP contribution in [0.3, 0.4) is 0 Å². The number of carbonyl (C=O) groups excluding carboxylic acids is 1. The lowest BCUT2D eigenvalue weighted by Gasteiger charge is -2.31. The van der Waals surface area contributed by atoms with Crippen LogP contribution in [0.1, 0.15) is 18.5 Å². The fourth-order valence-electron chi connectivity index (χ4n) is 1.76. The molecule has 1 aliphatic heterocycles. The quantitative estimate of drug-likeness (QED) is 0.849. The van der Waals surface area contributed by atoms with E-state index in [2.05, 4.69) is 10.3 Å². The van der Waals surface area contributed by atoms with Crippen LogP contribution in [0, 0.1) is 6.92 Å². The number of hydrogen-bond donors (Lipinski definition) is 2. The number of hydrogen-bond acceptors (Lipinski definition) is 4. The van der Waals surface area contributed by atoms with E-state index in [0.29, 0.717) is 31.7 Å². The molecule has 6 heteroatoms. The number of nitrogens with two attached hydrogens (primary N) is 1. The van der Waals surface area contributed by atoms with Crippen LogP contribution >= 0.6 is 12.4 Å². The highest BCUT2D eigenvalue weighted by Crippen LogP contribution is 2.19. The minimum absolute atomic E-state index is 0. The van der Waals surface area contributed by atoms with Crippen LogP contribution in [-0.4, -0.2) is 29.6 Å². The molecule has 1 aromatic heterocycles. The third kappa shape index (κ3) is 3.41. The molecule has 0 aromatic carbocycles. The van der Waals surface area contributed by atoms with Gasteiger partial charge in [-0.1, -0.05) is 0 Å². The van der Waals surface area contributed by atoms with E-state index in [-0.39, 0.29) is 18.3 Å². The predicted molar refractivity (Wildman–Crippen MR) is 71.8 cm³/mol. The molecule has 1 amide bonds. The van der Waals surface area contributed by atoms with E-state index in [9.17, 15) is 4.79 Å². The first kappa shape index (κ1) is 14.9. The highest BCUT2D eigenvalue weighted by molar-refractivity contribution is 5.97. The maximum Gasteiger partial charge on any atom is 0.244 e. The van der Waals surface area contributed by atoms with Gasteiger partial charge in [0.25, 0.3) is 0 Å².